The predicted molar refractivity (Wildman–Crippen MR) is 58.4 cm³/mol. The lowest BCUT2D eigenvalue weighted by Gasteiger charge is -2.01. The van der Waals surface area contributed by atoms with Crippen LogP contribution in [0.25, 0.3) is 11.3 Å². The maximum atomic E-state index is 10.6. The van der Waals surface area contributed by atoms with Crippen molar-refractivity contribution in [1.29, 1.82) is 0 Å². The number of para-hydroxylation sites is 1. The maximum absolute atomic E-state index is 10.6. The van der Waals surface area contributed by atoms with Crippen LogP contribution in [0, 0.1) is 0 Å². The number of benzene rings is 1. The zero-order chi connectivity index (χ0) is 11.5. The van der Waals surface area contributed by atoms with Crippen LogP contribution < -0.4 is 0 Å². The number of phenolic OH excluding ortho intramolecular Hbond substituents is 1. The standard InChI is InChI=1S/C12H11NO3/c1-2-10-12(13-11(7-14)16-10)8-5-3-4-6-9(8)15/h3-7,15H,2H2,1H3. The summed E-state index contributed by atoms with van der Waals surface area (Å²) in [7, 11) is 0. The number of nitrogens with zero attached hydrogens (tertiary/aromatic N) is 1. The molecule has 2 rings (SSSR count). The van der Waals surface area contributed by atoms with Crippen molar-refractivity contribution in [2.75, 3.05) is 0 Å². The number of hydrogen-bond acceptors (Lipinski definition) is 4. The molecular weight excluding hydrogens is 206 g/mol. The van der Waals surface area contributed by atoms with Crippen LogP contribution in [0.4, 0.5) is 0 Å². The molecule has 0 fully saturated rings. The Kier molecular flexibility index (Phi) is 2.72. The van der Waals surface area contributed by atoms with E-state index in [9.17, 15) is 9.90 Å². The fourth-order valence-corrected chi connectivity index (χ4v) is 1.54. The van der Waals surface area contributed by atoms with E-state index in [1.165, 1.54) is 0 Å². The first-order chi connectivity index (χ1) is 7.76. The van der Waals surface area contributed by atoms with E-state index in [-0.39, 0.29) is 11.6 Å². The van der Waals surface area contributed by atoms with Gasteiger partial charge in [0.05, 0.1) is 0 Å². The molecule has 0 spiro atoms. The van der Waals surface area contributed by atoms with Gasteiger partial charge in [-0.3, -0.25) is 4.79 Å². The van der Waals surface area contributed by atoms with Gasteiger partial charge in [-0.1, -0.05) is 19.1 Å². The Hall–Kier alpha value is -2.10. The molecule has 0 unspecified atom stereocenters. The van der Waals surface area contributed by atoms with E-state index in [4.69, 9.17) is 4.42 Å². The number of aromatic nitrogens is 1. The van der Waals surface area contributed by atoms with Crippen molar-refractivity contribution in [3.8, 4) is 17.0 Å². The van der Waals surface area contributed by atoms with Gasteiger partial charge in [0.25, 0.3) is 5.89 Å². The van der Waals surface area contributed by atoms with E-state index >= 15 is 0 Å². The van der Waals surface area contributed by atoms with Crippen molar-refractivity contribution in [2.45, 2.75) is 13.3 Å². The molecule has 0 amide bonds. The Morgan fingerprint density at radius 2 is 2.19 bits per heavy atom. The number of hydrogen-bond donors (Lipinski definition) is 1. The molecule has 82 valence electrons. The monoisotopic (exact) mass is 217 g/mol. The van der Waals surface area contributed by atoms with Crippen molar-refractivity contribution in [3.63, 3.8) is 0 Å². The van der Waals surface area contributed by atoms with Gasteiger partial charge < -0.3 is 9.52 Å². The molecule has 16 heavy (non-hydrogen) atoms. The van der Waals surface area contributed by atoms with Gasteiger partial charge in [0.1, 0.15) is 17.2 Å². The zero-order valence-electron chi connectivity index (χ0n) is 8.80. The maximum Gasteiger partial charge on any atom is 0.260 e. The van der Waals surface area contributed by atoms with Gasteiger partial charge in [0.15, 0.2) is 0 Å². The third-order valence-electron chi connectivity index (χ3n) is 2.29. The number of aryl methyl sites for hydroxylation is 1. The number of aldehydes is 1. The Balaban J connectivity index is 2.59. The van der Waals surface area contributed by atoms with Gasteiger partial charge in [0.2, 0.25) is 6.29 Å². The SMILES string of the molecule is CCc1oc(C=O)nc1-c1ccccc1O. The minimum absolute atomic E-state index is 0.0371. The molecule has 0 saturated heterocycles. The third kappa shape index (κ3) is 1.69. The number of oxazole rings is 1. The Labute approximate surface area is 92.6 Å². The van der Waals surface area contributed by atoms with Crippen LogP contribution in [0.2, 0.25) is 0 Å². The summed E-state index contributed by atoms with van der Waals surface area (Å²) in [6, 6.07) is 6.83. The minimum atomic E-state index is 0.0371. The van der Waals surface area contributed by atoms with E-state index in [1.807, 2.05) is 6.92 Å². The summed E-state index contributed by atoms with van der Waals surface area (Å²) in [6.45, 7) is 1.90. The molecule has 1 aromatic heterocycles. The fourth-order valence-electron chi connectivity index (χ4n) is 1.54. The smallest absolute Gasteiger partial charge is 0.260 e. The van der Waals surface area contributed by atoms with Crippen LogP contribution in [0.5, 0.6) is 5.75 Å². The molecule has 0 aliphatic carbocycles. The zero-order valence-corrected chi connectivity index (χ0v) is 8.80. The fraction of sp³-hybridized carbons (Fsp3) is 0.167. The third-order valence-corrected chi connectivity index (χ3v) is 2.29. The average Bonchev–Trinajstić information content (AvgIpc) is 2.72. The summed E-state index contributed by atoms with van der Waals surface area (Å²) in [5, 5.41) is 9.70. The van der Waals surface area contributed by atoms with Crippen LogP contribution in [0.15, 0.2) is 28.7 Å². The van der Waals surface area contributed by atoms with E-state index in [0.29, 0.717) is 29.7 Å². The van der Waals surface area contributed by atoms with E-state index in [2.05, 4.69) is 4.98 Å². The van der Waals surface area contributed by atoms with Crippen LogP contribution >= 0.6 is 0 Å². The number of carbonyl (C=O) groups is 1. The highest BCUT2D eigenvalue weighted by atomic mass is 16.4. The van der Waals surface area contributed by atoms with E-state index in [0.717, 1.165) is 0 Å². The van der Waals surface area contributed by atoms with Gasteiger partial charge in [-0.2, -0.15) is 0 Å². The van der Waals surface area contributed by atoms with Crippen molar-refractivity contribution >= 4 is 6.29 Å². The number of phenols is 1. The van der Waals surface area contributed by atoms with Crippen LogP contribution in [-0.4, -0.2) is 16.4 Å². The number of rotatable bonds is 3. The molecule has 0 radical (unpaired) electrons. The average molecular weight is 217 g/mol. The highest BCUT2D eigenvalue weighted by Crippen LogP contribution is 2.31. The Morgan fingerprint density at radius 1 is 1.44 bits per heavy atom. The molecule has 0 aliphatic rings. The van der Waals surface area contributed by atoms with Crippen molar-refractivity contribution in [3.05, 3.63) is 35.9 Å². The molecule has 1 aromatic carbocycles. The first-order valence-electron chi connectivity index (χ1n) is 4.99. The lowest BCUT2D eigenvalue weighted by molar-refractivity contribution is 0.109. The summed E-state index contributed by atoms with van der Waals surface area (Å²) >= 11 is 0. The summed E-state index contributed by atoms with van der Waals surface area (Å²) in [5.74, 6) is 0.765. The van der Waals surface area contributed by atoms with E-state index < -0.39 is 0 Å². The first-order valence-corrected chi connectivity index (χ1v) is 4.99. The summed E-state index contributed by atoms with van der Waals surface area (Å²) in [5.41, 5.74) is 1.11. The van der Waals surface area contributed by atoms with Crippen LogP contribution in [-0.2, 0) is 6.42 Å². The molecule has 1 heterocycles. The Bertz CT molecular complexity index is 517. The van der Waals surface area contributed by atoms with Gasteiger partial charge >= 0.3 is 0 Å². The Morgan fingerprint density at radius 3 is 2.81 bits per heavy atom. The van der Waals surface area contributed by atoms with Gasteiger partial charge in [-0.05, 0) is 12.1 Å². The van der Waals surface area contributed by atoms with Crippen molar-refractivity contribution in [2.24, 2.45) is 0 Å². The topological polar surface area (TPSA) is 63.3 Å². The van der Waals surface area contributed by atoms with Gasteiger partial charge in [-0.15, -0.1) is 0 Å². The number of carbonyl (C=O) groups excluding carboxylic acids is 1. The molecule has 0 saturated carbocycles. The largest absolute Gasteiger partial charge is 0.507 e. The lowest BCUT2D eigenvalue weighted by Crippen LogP contribution is -1.85. The van der Waals surface area contributed by atoms with E-state index in [1.54, 1.807) is 24.3 Å². The minimum Gasteiger partial charge on any atom is -0.507 e. The molecule has 4 nitrogen and oxygen atoms in total. The molecule has 0 bridgehead atoms. The van der Waals surface area contributed by atoms with Gasteiger partial charge in [-0.25, -0.2) is 4.98 Å². The molecule has 0 aliphatic heterocycles. The lowest BCUT2D eigenvalue weighted by atomic mass is 10.1. The second-order valence-corrected chi connectivity index (χ2v) is 3.31. The number of aromatic hydroxyl groups is 1. The first kappa shape index (κ1) is 10.4. The summed E-state index contributed by atoms with van der Waals surface area (Å²) in [6.07, 6.45) is 1.17. The molecule has 1 N–H and O–H groups in total. The van der Waals surface area contributed by atoms with Crippen LogP contribution in [0.3, 0.4) is 0 Å². The highest BCUT2D eigenvalue weighted by Gasteiger charge is 2.15. The summed E-state index contributed by atoms with van der Waals surface area (Å²) in [4.78, 5) is 14.6. The predicted octanol–water partition coefficient (Wildman–Crippen LogP) is 2.42. The van der Waals surface area contributed by atoms with Crippen LogP contribution in [0.1, 0.15) is 23.4 Å². The molecular formula is C12H11NO3. The normalized spacial score (nSPS) is 10.3. The quantitative estimate of drug-likeness (QED) is 0.802. The second kappa shape index (κ2) is 4.18. The molecule has 4 heteroatoms. The second-order valence-electron chi connectivity index (χ2n) is 3.31. The molecule has 0 atom stereocenters. The summed E-state index contributed by atoms with van der Waals surface area (Å²) < 4.78 is 5.23. The van der Waals surface area contributed by atoms with Gasteiger partial charge in [0, 0.05) is 12.0 Å². The van der Waals surface area contributed by atoms with Crippen molar-refractivity contribution in [1.82, 2.24) is 4.98 Å². The van der Waals surface area contributed by atoms with Crippen molar-refractivity contribution < 1.29 is 14.3 Å². The molecule has 2 aromatic rings. The highest BCUT2D eigenvalue weighted by molar-refractivity contribution is 5.73.